The number of hydrogen-bond acceptors (Lipinski definition) is 4. The molecule has 0 atom stereocenters. The number of halogens is 1. The van der Waals surface area contributed by atoms with Gasteiger partial charge in [0.1, 0.15) is 5.75 Å². The van der Waals surface area contributed by atoms with Crippen LogP contribution in [0.25, 0.3) is 0 Å². The Labute approximate surface area is 140 Å². The number of ether oxygens (including phenoxy) is 3. The molecule has 0 aliphatic rings. The molecule has 0 aromatic heterocycles. The molecule has 6 heteroatoms. The number of carbonyl (C=O) groups excluding carboxylic acids is 1. The van der Waals surface area contributed by atoms with E-state index in [2.05, 4.69) is 5.32 Å². The molecule has 1 amide bonds. The van der Waals surface area contributed by atoms with E-state index >= 15 is 0 Å². The minimum absolute atomic E-state index is 0.301. The summed E-state index contributed by atoms with van der Waals surface area (Å²) in [5.41, 5.74) is 0.948. The lowest BCUT2D eigenvalue weighted by Gasteiger charge is -2.13. The zero-order valence-corrected chi connectivity index (χ0v) is 13.9. The topological polar surface area (TPSA) is 56.8 Å². The zero-order chi connectivity index (χ0) is 16.8. The molecule has 2 rings (SSSR count). The molecule has 5 nitrogen and oxygen atoms in total. The van der Waals surface area contributed by atoms with E-state index < -0.39 is 0 Å². The molecule has 122 valence electrons. The highest BCUT2D eigenvalue weighted by molar-refractivity contribution is 6.32. The Morgan fingerprint density at radius 1 is 1.13 bits per heavy atom. The van der Waals surface area contributed by atoms with E-state index in [4.69, 9.17) is 25.8 Å². The second-order valence-corrected chi connectivity index (χ2v) is 4.98. The van der Waals surface area contributed by atoms with E-state index in [0.29, 0.717) is 40.1 Å². The van der Waals surface area contributed by atoms with E-state index in [1.54, 1.807) is 18.2 Å². The van der Waals surface area contributed by atoms with Gasteiger partial charge in [0.15, 0.2) is 11.5 Å². The number of rotatable bonds is 6. The van der Waals surface area contributed by atoms with Crippen molar-refractivity contribution in [3.63, 3.8) is 0 Å². The van der Waals surface area contributed by atoms with E-state index in [9.17, 15) is 4.79 Å². The lowest BCUT2D eigenvalue weighted by Crippen LogP contribution is -2.13. The van der Waals surface area contributed by atoms with Crippen molar-refractivity contribution >= 4 is 23.2 Å². The van der Waals surface area contributed by atoms with Gasteiger partial charge in [-0.3, -0.25) is 4.79 Å². The Bertz CT molecular complexity index is 703. The fourth-order valence-corrected chi connectivity index (χ4v) is 2.38. The highest BCUT2D eigenvalue weighted by Gasteiger charge is 2.16. The van der Waals surface area contributed by atoms with E-state index in [1.165, 1.54) is 20.3 Å². The van der Waals surface area contributed by atoms with Crippen molar-refractivity contribution < 1.29 is 19.0 Å². The monoisotopic (exact) mass is 335 g/mol. The zero-order valence-electron chi connectivity index (χ0n) is 13.2. The normalized spacial score (nSPS) is 10.1. The van der Waals surface area contributed by atoms with Crippen LogP contribution in [0.4, 0.5) is 5.69 Å². The lowest BCUT2D eigenvalue weighted by atomic mass is 10.1. The highest BCUT2D eigenvalue weighted by atomic mass is 35.5. The van der Waals surface area contributed by atoms with Gasteiger partial charge in [0, 0.05) is 5.56 Å². The number of methoxy groups -OCH3 is 2. The molecule has 2 aromatic carbocycles. The number of hydrogen-bond donors (Lipinski definition) is 1. The lowest BCUT2D eigenvalue weighted by molar-refractivity contribution is 0.102. The smallest absolute Gasteiger partial charge is 0.255 e. The number of benzene rings is 2. The Hall–Kier alpha value is -2.40. The third-order valence-corrected chi connectivity index (χ3v) is 3.41. The molecule has 0 spiro atoms. The van der Waals surface area contributed by atoms with Gasteiger partial charge in [0.25, 0.3) is 5.91 Å². The first kappa shape index (κ1) is 17.0. The quantitative estimate of drug-likeness (QED) is 0.866. The van der Waals surface area contributed by atoms with Crippen LogP contribution in [-0.4, -0.2) is 26.7 Å². The van der Waals surface area contributed by atoms with Gasteiger partial charge in [-0.05, 0) is 31.2 Å². The van der Waals surface area contributed by atoms with Crippen LogP contribution in [0.2, 0.25) is 5.02 Å². The molecule has 2 aromatic rings. The first-order valence-electron chi connectivity index (χ1n) is 7.05. The molecule has 0 saturated carbocycles. The molecular formula is C17H18ClNO4. The number of amides is 1. The van der Waals surface area contributed by atoms with Gasteiger partial charge in [0.05, 0.1) is 31.5 Å². The summed E-state index contributed by atoms with van der Waals surface area (Å²) in [6.45, 7) is 2.39. The highest BCUT2D eigenvalue weighted by Crippen LogP contribution is 2.36. The maximum absolute atomic E-state index is 12.5. The van der Waals surface area contributed by atoms with Crippen LogP contribution in [0, 0.1) is 0 Å². The van der Waals surface area contributed by atoms with Crippen LogP contribution in [0.5, 0.6) is 17.2 Å². The summed E-state index contributed by atoms with van der Waals surface area (Å²) in [4.78, 5) is 12.5. The summed E-state index contributed by atoms with van der Waals surface area (Å²) in [6, 6.07) is 10.3. The van der Waals surface area contributed by atoms with Crippen molar-refractivity contribution in [1.82, 2.24) is 0 Å². The Kier molecular flexibility index (Phi) is 5.71. The van der Waals surface area contributed by atoms with Crippen molar-refractivity contribution in [2.75, 3.05) is 26.1 Å². The van der Waals surface area contributed by atoms with E-state index in [1.807, 2.05) is 19.1 Å². The average Bonchev–Trinajstić information content (AvgIpc) is 2.56. The van der Waals surface area contributed by atoms with Crippen LogP contribution in [0.1, 0.15) is 17.3 Å². The second-order valence-electron chi connectivity index (χ2n) is 4.58. The van der Waals surface area contributed by atoms with Gasteiger partial charge in [-0.15, -0.1) is 0 Å². The third-order valence-electron chi connectivity index (χ3n) is 3.13. The van der Waals surface area contributed by atoms with Gasteiger partial charge in [-0.1, -0.05) is 23.7 Å². The van der Waals surface area contributed by atoms with E-state index in [-0.39, 0.29) is 5.91 Å². The van der Waals surface area contributed by atoms with Crippen molar-refractivity contribution in [1.29, 1.82) is 0 Å². The minimum Gasteiger partial charge on any atom is -0.493 e. The first-order chi connectivity index (χ1) is 11.1. The van der Waals surface area contributed by atoms with Crippen LogP contribution >= 0.6 is 11.6 Å². The predicted molar refractivity (Wildman–Crippen MR) is 90.1 cm³/mol. The maximum Gasteiger partial charge on any atom is 0.255 e. The summed E-state index contributed by atoms with van der Waals surface area (Å²) >= 11 is 6.13. The predicted octanol–water partition coefficient (Wildman–Crippen LogP) is 4.01. The maximum atomic E-state index is 12.5. The molecule has 0 fully saturated rings. The van der Waals surface area contributed by atoms with Gasteiger partial charge in [-0.25, -0.2) is 0 Å². The molecule has 0 radical (unpaired) electrons. The molecule has 23 heavy (non-hydrogen) atoms. The van der Waals surface area contributed by atoms with Gasteiger partial charge in [0.2, 0.25) is 0 Å². The second kappa shape index (κ2) is 7.74. The van der Waals surface area contributed by atoms with E-state index in [0.717, 1.165) is 0 Å². The number of anilines is 1. The van der Waals surface area contributed by atoms with Gasteiger partial charge >= 0.3 is 0 Å². The van der Waals surface area contributed by atoms with Crippen LogP contribution in [0.3, 0.4) is 0 Å². The van der Waals surface area contributed by atoms with Crippen molar-refractivity contribution in [2.24, 2.45) is 0 Å². The Morgan fingerprint density at radius 3 is 2.52 bits per heavy atom. The average molecular weight is 336 g/mol. The molecule has 0 unspecified atom stereocenters. The largest absolute Gasteiger partial charge is 0.493 e. The van der Waals surface area contributed by atoms with Crippen LogP contribution in [0.15, 0.2) is 36.4 Å². The molecule has 0 aliphatic heterocycles. The third kappa shape index (κ3) is 3.87. The van der Waals surface area contributed by atoms with Crippen LogP contribution in [-0.2, 0) is 0 Å². The fraction of sp³-hybridized carbons (Fsp3) is 0.235. The fourth-order valence-electron chi connectivity index (χ4n) is 2.09. The number of para-hydroxylation sites is 2. The minimum atomic E-state index is -0.319. The van der Waals surface area contributed by atoms with Crippen molar-refractivity contribution in [3.8, 4) is 17.2 Å². The first-order valence-corrected chi connectivity index (χ1v) is 7.43. The number of carbonyl (C=O) groups is 1. The number of nitrogens with one attached hydrogen (secondary N) is 1. The van der Waals surface area contributed by atoms with Crippen molar-refractivity contribution in [3.05, 3.63) is 47.0 Å². The Morgan fingerprint density at radius 2 is 1.87 bits per heavy atom. The summed E-state index contributed by atoms with van der Waals surface area (Å²) in [5.74, 6) is 1.07. The molecule has 0 saturated heterocycles. The molecule has 0 heterocycles. The summed E-state index contributed by atoms with van der Waals surface area (Å²) in [6.07, 6.45) is 0. The van der Waals surface area contributed by atoms with Gasteiger partial charge in [-0.2, -0.15) is 0 Å². The Balaban J connectivity index is 2.30. The summed E-state index contributed by atoms with van der Waals surface area (Å²) in [7, 11) is 2.97. The van der Waals surface area contributed by atoms with Crippen molar-refractivity contribution in [2.45, 2.75) is 6.92 Å². The molecule has 0 aliphatic carbocycles. The van der Waals surface area contributed by atoms with Gasteiger partial charge < -0.3 is 19.5 Å². The summed E-state index contributed by atoms with van der Waals surface area (Å²) in [5, 5.41) is 3.11. The standard InChI is InChI=1S/C17H18ClNO4/c1-4-23-14-8-6-5-7-13(14)19-17(20)11-9-12(18)16(22-3)15(10-11)21-2/h5-10H,4H2,1-3H3,(H,19,20). The molecular weight excluding hydrogens is 318 g/mol. The molecule has 1 N–H and O–H groups in total. The SMILES string of the molecule is CCOc1ccccc1NC(=O)c1cc(Cl)c(OC)c(OC)c1. The summed E-state index contributed by atoms with van der Waals surface area (Å²) < 4.78 is 15.9. The molecule has 0 bridgehead atoms. The van der Waals surface area contributed by atoms with Crippen LogP contribution < -0.4 is 19.5 Å².